The smallest absolute Gasteiger partial charge is 0.308 e. The molecule has 4 atom stereocenters. The maximum atomic E-state index is 14.6. The standard InChI is InChI=1S/C54H72N4O9/c1-37(2)28-47(49(61)33-44(30-41-16-12-9-13-17-41)53(64)57-48(29-38(3)4)51(62)54(6)22-23-54)56-52(63)43(20-18-40-14-10-8-11-15-40)32-46(60)36-58(24-26-66-27-25-58)35-42-19-21-50(67-39(5)59)45(31-42)34-55-65-7/h8-17,19,21,31,34,37-38,43-44,47-48H,18,20,22-30,32-33,35-36H2,1-7H3,(H-,56,57,63,64)/p+1/b55-34+/t43-,44-,47+,48+/m1/s1. The lowest BCUT2D eigenvalue weighted by atomic mass is 9.87. The Labute approximate surface area is 397 Å². The highest BCUT2D eigenvalue weighted by molar-refractivity contribution is 5.97. The Morgan fingerprint density at radius 1 is 0.776 bits per heavy atom. The van der Waals surface area contributed by atoms with Crippen molar-refractivity contribution in [1.82, 2.24) is 10.6 Å². The zero-order valence-corrected chi connectivity index (χ0v) is 40.7. The zero-order valence-electron chi connectivity index (χ0n) is 40.7. The lowest BCUT2D eigenvalue weighted by Crippen LogP contribution is -2.57. The van der Waals surface area contributed by atoms with Crippen molar-refractivity contribution >= 4 is 41.3 Å². The molecule has 0 radical (unpaired) electrons. The largest absolute Gasteiger partial charge is 0.426 e. The summed E-state index contributed by atoms with van der Waals surface area (Å²) in [7, 11) is 1.43. The van der Waals surface area contributed by atoms with Gasteiger partial charge >= 0.3 is 5.97 Å². The van der Waals surface area contributed by atoms with Gasteiger partial charge in [-0.15, -0.1) is 0 Å². The summed E-state index contributed by atoms with van der Waals surface area (Å²) in [6.07, 6.45) is 5.00. The summed E-state index contributed by atoms with van der Waals surface area (Å²) in [5, 5.41) is 10.1. The minimum absolute atomic E-state index is 0.0253. The number of Topliss-reactive ketones (excluding diaryl/α,β-unsaturated/α-hetero) is 3. The molecule has 1 saturated carbocycles. The first-order valence-corrected chi connectivity index (χ1v) is 24.1. The quantitative estimate of drug-likeness (QED) is 0.0261. The molecule has 362 valence electrons. The maximum Gasteiger partial charge on any atom is 0.308 e. The van der Waals surface area contributed by atoms with Crippen molar-refractivity contribution in [1.29, 1.82) is 0 Å². The second kappa shape index (κ2) is 25.0. The van der Waals surface area contributed by atoms with Crippen molar-refractivity contribution in [2.75, 3.05) is 40.0 Å². The number of rotatable bonds is 27. The van der Waals surface area contributed by atoms with Gasteiger partial charge in [-0.25, -0.2) is 0 Å². The number of benzene rings is 3. The Hall–Kier alpha value is -5.53. The minimum Gasteiger partial charge on any atom is -0.426 e. The van der Waals surface area contributed by atoms with E-state index in [1.807, 2.05) is 107 Å². The van der Waals surface area contributed by atoms with E-state index in [-0.39, 0.29) is 66.8 Å². The van der Waals surface area contributed by atoms with Crippen molar-refractivity contribution in [2.24, 2.45) is 34.2 Å². The van der Waals surface area contributed by atoms with Gasteiger partial charge in [-0.2, -0.15) is 0 Å². The number of carbonyl (C=O) groups excluding carboxylic acids is 6. The predicted molar refractivity (Wildman–Crippen MR) is 258 cm³/mol. The van der Waals surface area contributed by atoms with E-state index in [1.54, 1.807) is 6.07 Å². The van der Waals surface area contributed by atoms with Crippen molar-refractivity contribution in [3.63, 3.8) is 0 Å². The van der Waals surface area contributed by atoms with Crippen LogP contribution in [0.1, 0.15) is 109 Å². The number of carbonyl (C=O) groups is 6. The molecule has 67 heavy (non-hydrogen) atoms. The van der Waals surface area contributed by atoms with Crippen molar-refractivity contribution < 1.29 is 47.6 Å². The molecule has 0 aromatic heterocycles. The van der Waals surface area contributed by atoms with Crippen LogP contribution in [0.15, 0.2) is 84.0 Å². The fourth-order valence-electron chi connectivity index (χ4n) is 9.09. The Morgan fingerprint density at radius 2 is 1.37 bits per heavy atom. The number of morpholine rings is 1. The van der Waals surface area contributed by atoms with Crippen molar-refractivity contribution in [2.45, 2.75) is 118 Å². The molecule has 2 aliphatic rings. The number of ether oxygens (including phenoxy) is 2. The molecular formula is C54H73N4O9+. The van der Waals surface area contributed by atoms with Gasteiger partial charge in [0, 0.05) is 48.1 Å². The van der Waals surface area contributed by atoms with Gasteiger partial charge < -0.3 is 29.4 Å². The fourth-order valence-corrected chi connectivity index (χ4v) is 9.09. The van der Waals surface area contributed by atoms with Crippen LogP contribution in [-0.2, 0) is 57.7 Å². The van der Waals surface area contributed by atoms with Gasteiger partial charge in [0.05, 0.1) is 31.5 Å². The second-order valence-corrected chi connectivity index (χ2v) is 19.9. The highest BCUT2D eigenvalue weighted by atomic mass is 16.6. The van der Waals surface area contributed by atoms with Gasteiger partial charge in [0.1, 0.15) is 39.0 Å². The van der Waals surface area contributed by atoms with E-state index in [0.717, 1.165) is 29.5 Å². The summed E-state index contributed by atoms with van der Waals surface area (Å²) in [5.41, 5.74) is 2.94. The molecule has 5 rings (SSSR count). The fraction of sp³-hybridized carbons (Fsp3) is 0.537. The number of nitrogens with one attached hydrogen (secondary N) is 2. The molecule has 2 fully saturated rings. The van der Waals surface area contributed by atoms with E-state index in [9.17, 15) is 28.8 Å². The molecule has 13 nitrogen and oxygen atoms in total. The van der Waals surface area contributed by atoms with Gasteiger partial charge in [0.2, 0.25) is 11.8 Å². The maximum absolute atomic E-state index is 14.6. The number of amides is 2. The summed E-state index contributed by atoms with van der Waals surface area (Å²) >= 11 is 0. The number of esters is 1. The molecule has 1 saturated heterocycles. The molecule has 1 aliphatic carbocycles. The monoisotopic (exact) mass is 922 g/mol. The van der Waals surface area contributed by atoms with E-state index in [4.69, 9.17) is 14.3 Å². The van der Waals surface area contributed by atoms with Crippen LogP contribution in [0.2, 0.25) is 0 Å². The van der Waals surface area contributed by atoms with Gasteiger partial charge in [0.15, 0.2) is 17.3 Å². The third kappa shape index (κ3) is 16.6. The molecule has 3 aromatic carbocycles. The average Bonchev–Trinajstić information content (AvgIpc) is 4.05. The van der Waals surface area contributed by atoms with Crippen LogP contribution >= 0.6 is 0 Å². The lowest BCUT2D eigenvalue weighted by Gasteiger charge is -2.41. The first kappa shape index (κ1) is 52.4. The summed E-state index contributed by atoms with van der Waals surface area (Å²) in [6, 6.07) is 23.3. The number of nitrogens with zero attached hydrogens (tertiary/aromatic N) is 2. The normalized spacial score (nSPS) is 17.0. The number of hydrogen-bond acceptors (Lipinski definition) is 10. The highest BCUT2D eigenvalue weighted by Crippen LogP contribution is 2.47. The zero-order chi connectivity index (χ0) is 48.6. The van der Waals surface area contributed by atoms with E-state index in [1.165, 1.54) is 20.2 Å². The lowest BCUT2D eigenvalue weighted by molar-refractivity contribution is -0.940. The third-order valence-electron chi connectivity index (χ3n) is 13.0. The number of quaternary nitrogens is 1. The van der Waals surface area contributed by atoms with E-state index >= 15 is 0 Å². The Bertz CT molecular complexity index is 2160. The number of hydrogen-bond donors (Lipinski definition) is 2. The molecule has 2 amide bonds. The van der Waals surface area contributed by atoms with Crippen molar-refractivity contribution in [3.8, 4) is 5.75 Å². The van der Waals surface area contributed by atoms with Gasteiger partial charge in [0.25, 0.3) is 0 Å². The summed E-state index contributed by atoms with van der Waals surface area (Å²) in [6.45, 7) is 14.0. The van der Waals surface area contributed by atoms with E-state index in [0.29, 0.717) is 74.3 Å². The number of oxime groups is 1. The number of ketones is 3. The molecule has 1 heterocycles. The molecule has 2 N–H and O–H groups in total. The molecule has 1 aliphatic heterocycles. The molecule has 3 aromatic rings. The van der Waals surface area contributed by atoms with Crippen LogP contribution < -0.4 is 15.4 Å². The topological polar surface area (TPSA) is 167 Å². The average molecular weight is 922 g/mol. The third-order valence-corrected chi connectivity index (χ3v) is 13.0. The van der Waals surface area contributed by atoms with Crippen LogP contribution in [0.3, 0.4) is 0 Å². The van der Waals surface area contributed by atoms with E-state index < -0.39 is 35.3 Å². The summed E-state index contributed by atoms with van der Waals surface area (Å²) in [4.78, 5) is 88.2. The second-order valence-electron chi connectivity index (χ2n) is 19.9. The molecule has 0 unspecified atom stereocenters. The Balaban J connectivity index is 1.37. The van der Waals surface area contributed by atoms with Crippen LogP contribution in [0.5, 0.6) is 5.75 Å². The van der Waals surface area contributed by atoms with Crippen molar-refractivity contribution in [3.05, 3.63) is 101 Å². The SMILES string of the molecule is CO/N=C/c1cc(C[N+]2(CC(=O)C[C@@H](CCc3ccccc3)C(=O)N[C@@H](CC(C)C)C(=O)C[C@@H](Cc3ccccc3)C(=O)N[C@@H](CC(C)C)C(=O)C3(C)CC3)CCOCC2)ccc1OC(C)=O. The van der Waals surface area contributed by atoms with Crippen LogP contribution in [0.4, 0.5) is 0 Å². The minimum atomic E-state index is -0.894. The van der Waals surface area contributed by atoms with Crippen LogP contribution in [0, 0.1) is 29.1 Å². The van der Waals surface area contributed by atoms with Gasteiger partial charge in [-0.05, 0) is 86.1 Å². The first-order chi connectivity index (χ1) is 32.0. The van der Waals surface area contributed by atoms with Gasteiger partial charge in [-0.1, -0.05) is 100 Å². The van der Waals surface area contributed by atoms with Crippen LogP contribution in [0.25, 0.3) is 0 Å². The Kier molecular flexibility index (Phi) is 19.6. The first-order valence-electron chi connectivity index (χ1n) is 24.1. The van der Waals surface area contributed by atoms with E-state index in [2.05, 4.69) is 15.8 Å². The number of aryl methyl sites for hydroxylation is 1. The van der Waals surface area contributed by atoms with Gasteiger partial charge in [-0.3, -0.25) is 28.8 Å². The Morgan fingerprint density at radius 3 is 1.97 bits per heavy atom. The van der Waals surface area contributed by atoms with Crippen LogP contribution in [-0.4, -0.2) is 97.9 Å². The predicted octanol–water partition coefficient (Wildman–Crippen LogP) is 7.40. The molecular weight excluding hydrogens is 849 g/mol. The molecule has 0 bridgehead atoms. The summed E-state index contributed by atoms with van der Waals surface area (Å²) in [5.74, 6) is -2.46. The summed E-state index contributed by atoms with van der Waals surface area (Å²) < 4.78 is 11.6. The molecule has 13 heteroatoms. The molecule has 0 spiro atoms. The highest BCUT2D eigenvalue weighted by Gasteiger charge is 2.48.